The van der Waals surface area contributed by atoms with Crippen LogP contribution in [0.2, 0.25) is 0 Å². The molecule has 1 rings (SSSR count). The summed E-state index contributed by atoms with van der Waals surface area (Å²) in [6.07, 6.45) is 3.97. The number of ether oxygens (including phenoxy) is 1. The van der Waals surface area contributed by atoms with Crippen molar-refractivity contribution in [3.8, 4) is 0 Å². The van der Waals surface area contributed by atoms with Crippen LogP contribution in [0.1, 0.15) is 19.8 Å². The molecule has 0 aromatic rings. The molecule has 0 N–H and O–H groups in total. The first-order chi connectivity index (χ1) is 5.77. The standard InChI is InChI=1S/C9H15NO2/c1-3-8-5-4-6-10(7-8)9(11)12-2/h5H,3-4,6-7H2,1-2H3. The van der Waals surface area contributed by atoms with Crippen LogP contribution in [0.15, 0.2) is 11.6 Å². The molecule has 0 unspecified atom stereocenters. The Bertz CT molecular complexity index is 199. The van der Waals surface area contributed by atoms with Crippen molar-refractivity contribution in [2.75, 3.05) is 20.2 Å². The molecule has 0 saturated heterocycles. The molecule has 0 radical (unpaired) electrons. The van der Waals surface area contributed by atoms with Gasteiger partial charge in [0.1, 0.15) is 0 Å². The van der Waals surface area contributed by atoms with Gasteiger partial charge in [-0.25, -0.2) is 4.79 Å². The predicted molar refractivity (Wildman–Crippen MR) is 47.0 cm³/mol. The number of hydrogen-bond donors (Lipinski definition) is 0. The van der Waals surface area contributed by atoms with Gasteiger partial charge in [-0.3, -0.25) is 0 Å². The van der Waals surface area contributed by atoms with Crippen molar-refractivity contribution in [2.45, 2.75) is 19.8 Å². The zero-order valence-corrected chi connectivity index (χ0v) is 7.67. The Kier molecular flexibility index (Phi) is 3.14. The van der Waals surface area contributed by atoms with Crippen LogP contribution >= 0.6 is 0 Å². The summed E-state index contributed by atoms with van der Waals surface area (Å²) in [5.41, 5.74) is 1.33. The normalized spacial score (nSPS) is 17.2. The quantitative estimate of drug-likeness (QED) is 0.560. The number of rotatable bonds is 1. The Morgan fingerprint density at radius 1 is 1.75 bits per heavy atom. The fourth-order valence-electron chi connectivity index (χ4n) is 1.35. The topological polar surface area (TPSA) is 29.5 Å². The Labute approximate surface area is 73.0 Å². The Hall–Kier alpha value is -0.990. The van der Waals surface area contributed by atoms with Crippen molar-refractivity contribution in [3.63, 3.8) is 0 Å². The average Bonchev–Trinajstić information content (AvgIpc) is 2.17. The van der Waals surface area contributed by atoms with Crippen molar-refractivity contribution in [3.05, 3.63) is 11.6 Å². The SMILES string of the molecule is CCC1=CCCN(C(=O)OC)C1. The van der Waals surface area contributed by atoms with E-state index in [1.54, 1.807) is 4.90 Å². The van der Waals surface area contributed by atoms with Crippen molar-refractivity contribution in [1.82, 2.24) is 4.90 Å². The van der Waals surface area contributed by atoms with Gasteiger partial charge >= 0.3 is 6.09 Å². The molecule has 1 aliphatic rings. The molecule has 0 bridgehead atoms. The lowest BCUT2D eigenvalue weighted by atomic mass is 10.1. The van der Waals surface area contributed by atoms with E-state index in [-0.39, 0.29) is 6.09 Å². The fourth-order valence-corrected chi connectivity index (χ4v) is 1.35. The van der Waals surface area contributed by atoms with E-state index in [0.717, 1.165) is 25.9 Å². The number of hydrogen-bond acceptors (Lipinski definition) is 2. The van der Waals surface area contributed by atoms with Gasteiger partial charge in [0.2, 0.25) is 0 Å². The molecule has 0 aromatic carbocycles. The van der Waals surface area contributed by atoms with E-state index in [0.29, 0.717) is 0 Å². The Morgan fingerprint density at radius 3 is 3.08 bits per heavy atom. The molecule has 0 atom stereocenters. The van der Waals surface area contributed by atoms with Crippen molar-refractivity contribution < 1.29 is 9.53 Å². The number of amides is 1. The number of carbonyl (C=O) groups excluding carboxylic acids is 1. The van der Waals surface area contributed by atoms with E-state index in [2.05, 4.69) is 17.7 Å². The molecular weight excluding hydrogens is 154 g/mol. The maximum Gasteiger partial charge on any atom is 0.409 e. The molecule has 3 heteroatoms. The van der Waals surface area contributed by atoms with Crippen LogP contribution in [0.3, 0.4) is 0 Å². The number of methoxy groups -OCH3 is 1. The van der Waals surface area contributed by atoms with Gasteiger partial charge in [-0.15, -0.1) is 0 Å². The van der Waals surface area contributed by atoms with Gasteiger partial charge in [0.05, 0.1) is 7.11 Å². The molecule has 0 aromatic heterocycles. The van der Waals surface area contributed by atoms with Crippen molar-refractivity contribution >= 4 is 6.09 Å². The van der Waals surface area contributed by atoms with Crippen LogP contribution in [0, 0.1) is 0 Å². The van der Waals surface area contributed by atoms with E-state index in [9.17, 15) is 4.79 Å². The smallest absolute Gasteiger partial charge is 0.409 e. The summed E-state index contributed by atoms with van der Waals surface area (Å²) in [7, 11) is 1.42. The Balaban J connectivity index is 2.51. The van der Waals surface area contributed by atoms with Crippen LogP contribution in [0.25, 0.3) is 0 Å². The second kappa shape index (κ2) is 4.14. The van der Waals surface area contributed by atoms with E-state index in [1.165, 1.54) is 12.7 Å². The second-order valence-electron chi connectivity index (χ2n) is 2.90. The molecule has 3 nitrogen and oxygen atoms in total. The molecule has 0 saturated carbocycles. The third-order valence-corrected chi connectivity index (χ3v) is 2.11. The highest BCUT2D eigenvalue weighted by atomic mass is 16.5. The monoisotopic (exact) mass is 169 g/mol. The van der Waals surface area contributed by atoms with Gasteiger partial charge < -0.3 is 9.64 Å². The highest BCUT2D eigenvalue weighted by molar-refractivity contribution is 5.68. The van der Waals surface area contributed by atoms with Crippen LogP contribution in [0.5, 0.6) is 0 Å². The van der Waals surface area contributed by atoms with Gasteiger partial charge in [-0.05, 0) is 12.8 Å². The lowest BCUT2D eigenvalue weighted by molar-refractivity contribution is 0.126. The first-order valence-corrected chi connectivity index (χ1v) is 4.28. The zero-order chi connectivity index (χ0) is 8.97. The van der Waals surface area contributed by atoms with Crippen LogP contribution in [-0.2, 0) is 4.74 Å². The summed E-state index contributed by atoms with van der Waals surface area (Å²) in [4.78, 5) is 12.8. The molecule has 0 spiro atoms. The molecular formula is C9H15NO2. The zero-order valence-electron chi connectivity index (χ0n) is 7.67. The van der Waals surface area contributed by atoms with E-state index < -0.39 is 0 Å². The van der Waals surface area contributed by atoms with E-state index >= 15 is 0 Å². The predicted octanol–water partition coefficient (Wildman–Crippen LogP) is 1.79. The Morgan fingerprint density at radius 2 is 2.50 bits per heavy atom. The summed E-state index contributed by atoms with van der Waals surface area (Å²) in [5, 5.41) is 0. The summed E-state index contributed by atoms with van der Waals surface area (Å²) in [6, 6.07) is 0. The van der Waals surface area contributed by atoms with E-state index in [1.807, 2.05) is 0 Å². The number of carbonyl (C=O) groups is 1. The minimum Gasteiger partial charge on any atom is -0.453 e. The first kappa shape index (κ1) is 9.10. The highest BCUT2D eigenvalue weighted by Gasteiger charge is 2.16. The minimum absolute atomic E-state index is 0.214. The molecule has 68 valence electrons. The molecule has 1 amide bonds. The largest absolute Gasteiger partial charge is 0.453 e. The molecule has 1 aliphatic heterocycles. The highest BCUT2D eigenvalue weighted by Crippen LogP contribution is 2.12. The minimum atomic E-state index is -0.214. The van der Waals surface area contributed by atoms with Gasteiger partial charge in [0.15, 0.2) is 0 Å². The average molecular weight is 169 g/mol. The van der Waals surface area contributed by atoms with Crippen molar-refractivity contribution in [1.29, 1.82) is 0 Å². The lowest BCUT2D eigenvalue weighted by Gasteiger charge is -2.25. The first-order valence-electron chi connectivity index (χ1n) is 4.28. The van der Waals surface area contributed by atoms with Crippen LogP contribution in [0.4, 0.5) is 4.79 Å². The van der Waals surface area contributed by atoms with Gasteiger partial charge in [-0.2, -0.15) is 0 Å². The summed E-state index contributed by atoms with van der Waals surface area (Å²) < 4.78 is 4.64. The van der Waals surface area contributed by atoms with Gasteiger partial charge in [-0.1, -0.05) is 18.6 Å². The van der Waals surface area contributed by atoms with Crippen molar-refractivity contribution in [2.24, 2.45) is 0 Å². The molecule has 0 aliphatic carbocycles. The summed E-state index contributed by atoms with van der Waals surface area (Å²) in [6.45, 7) is 3.63. The van der Waals surface area contributed by atoms with Crippen LogP contribution in [-0.4, -0.2) is 31.2 Å². The van der Waals surface area contributed by atoms with Gasteiger partial charge in [0.25, 0.3) is 0 Å². The van der Waals surface area contributed by atoms with Crippen LogP contribution < -0.4 is 0 Å². The van der Waals surface area contributed by atoms with E-state index in [4.69, 9.17) is 0 Å². The molecule has 12 heavy (non-hydrogen) atoms. The third kappa shape index (κ3) is 2.00. The van der Waals surface area contributed by atoms with Gasteiger partial charge in [0, 0.05) is 13.1 Å². The second-order valence-corrected chi connectivity index (χ2v) is 2.90. The summed E-state index contributed by atoms with van der Waals surface area (Å²) >= 11 is 0. The number of nitrogens with zero attached hydrogens (tertiary/aromatic N) is 1. The maximum absolute atomic E-state index is 11.1. The molecule has 0 fully saturated rings. The third-order valence-electron chi connectivity index (χ3n) is 2.11. The lowest BCUT2D eigenvalue weighted by Crippen LogP contribution is -2.35. The maximum atomic E-state index is 11.1. The summed E-state index contributed by atoms with van der Waals surface area (Å²) in [5.74, 6) is 0. The molecule has 1 heterocycles. The fraction of sp³-hybridized carbons (Fsp3) is 0.667.